The van der Waals surface area contributed by atoms with Gasteiger partial charge in [-0.15, -0.1) is 11.3 Å². The van der Waals surface area contributed by atoms with Gasteiger partial charge in [-0.2, -0.15) is 5.26 Å². The average Bonchev–Trinajstić information content (AvgIpc) is 3.35. The van der Waals surface area contributed by atoms with Crippen LogP contribution in [-0.2, 0) is 9.59 Å². The minimum absolute atomic E-state index is 0.0470. The molecule has 1 saturated carbocycles. The Kier molecular flexibility index (Phi) is 4.56. The van der Waals surface area contributed by atoms with Crippen molar-refractivity contribution in [2.24, 2.45) is 23.7 Å². The van der Waals surface area contributed by atoms with Crippen molar-refractivity contribution in [1.82, 2.24) is 0 Å². The number of nitriles is 1. The lowest BCUT2D eigenvalue weighted by molar-refractivity contribution is -0.146. The molecule has 1 amide bonds. The summed E-state index contributed by atoms with van der Waals surface area (Å²) in [6.07, 6.45) is 4.58. The first-order valence-electron chi connectivity index (χ1n) is 9.23. The molecule has 0 radical (unpaired) electrons. The summed E-state index contributed by atoms with van der Waals surface area (Å²) in [4.78, 5) is 25.6. The lowest BCUT2D eigenvalue weighted by Crippen LogP contribution is -2.36. The second-order valence-electron chi connectivity index (χ2n) is 7.54. The van der Waals surface area contributed by atoms with Crippen LogP contribution in [0.3, 0.4) is 0 Å². The lowest BCUT2D eigenvalue weighted by atomic mass is 9.82. The molecule has 28 heavy (non-hydrogen) atoms. The fourth-order valence-corrected chi connectivity index (χ4v) is 5.55. The number of carbonyl (C=O) groups is 2. The number of thiophene rings is 1. The van der Waals surface area contributed by atoms with Crippen molar-refractivity contribution in [1.29, 1.82) is 5.26 Å². The summed E-state index contributed by atoms with van der Waals surface area (Å²) in [7, 11) is 0. The third-order valence-corrected chi connectivity index (χ3v) is 6.84. The molecule has 1 fully saturated rings. The molecule has 1 aromatic carbocycles. The van der Waals surface area contributed by atoms with E-state index in [0.29, 0.717) is 17.0 Å². The summed E-state index contributed by atoms with van der Waals surface area (Å²) in [5.74, 6) is -2.66. The summed E-state index contributed by atoms with van der Waals surface area (Å²) < 4.78 is 0. The van der Waals surface area contributed by atoms with Crippen molar-refractivity contribution >= 4 is 28.2 Å². The third-order valence-electron chi connectivity index (χ3n) is 5.82. The van der Waals surface area contributed by atoms with Gasteiger partial charge >= 0.3 is 5.97 Å². The van der Waals surface area contributed by atoms with E-state index < -0.39 is 17.8 Å². The molecule has 0 aliphatic heterocycles. The second-order valence-corrected chi connectivity index (χ2v) is 8.77. The van der Waals surface area contributed by atoms with Crippen LogP contribution in [0.4, 0.5) is 5.00 Å². The number of allylic oxidation sites excluding steroid dienone is 2. The Balaban J connectivity index is 1.66. The van der Waals surface area contributed by atoms with Crippen LogP contribution < -0.4 is 5.32 Å². The van der Waals surface area contributed by atoms with Crippen LogP contribution in [0.1, 0.15) is 22.4 Å². The maximum absolute atomic E-state index is 13.0. The molecule has 0 saturated heterocycles. The molecule has 2 N–H and O–H groups in total. The number of carboxylic acids is 1. The number of hydrogen-bond acceptors (Lipinski definition) is 4. The van der Waals surface area contributed by atoms with Gasteiger partial charge in [-0.1, -0.05) is 42.0 Å². The molecular weight excluding hydrogens is 372 g/mol. The molecule has 6 heteroatoms. The number of amides is 1. The highest BCUT2D eigenvalue weighted by molar-refractivity contribution is 7.17. The third kappa shape index (κ3) is 2.92. The van der Waals surface area contributed by atoms with E-state index >= 15 is 0 Å². The predicted octanol–water partition coefficient (Wildman–Crippen LogP) is 4.37. The van der Waals surface area contributed by atoms with Gasteiger partial charge in [0.1, 0.15) is 11.1 Å². The van der Waals surface area contributed by atoms with Crippen LogP contribution in [0.5, 0.6) is 0 Å². The van der Waals surface area contributed by atoms with Gasteiger partial charge in [0, 0.05) is 10.4 Å². The highest BCUT2D eigenvalue weighted by Crippen LogP contribution is 2.49. The first-order valence-corrected chi connectivity index (χ1v) is 10.0. The van der Waals surface area contributed by atoms with E-state index in [2.05, 4.69) is 11.4 Å². The summed E-state index contributed by atoms with van der Waals surface area (Å²) in [5, 5.41) is 22.7. The molecule has 1 aromatic heterocycles. The minimum Gasteiger partial charge on any atom is -0.481 e. The first kappa shape index (κ1) is 18.5. The Hall–Kier alpha value is -2.91. The predicted molar refractivity (Wildman–Crippen MR) is 108 cm³/mol. The van der Waals surface area contributed by atoms with E-state index in [-0.39, 0.29) is 17.7 Å². The van der Waals surface area contributed by atoms with Gasteiger partial charge in [-0.3, -0.25) is 9.59 Å². The number of rotatable bonds is 4. The number of aryl methyl sites for hydroxylation is 2. The standard InChI is InChI=1S/C22H20N2O3S/c1-11-3-5-13(6-4-11)17-12(2)28-21(16(17)10-23)24-20(25)18-14-7-8-15(9-14)19(18)22(26)27/h3-8,14-15,18-19H,9H2,1-2H3,(H,24,25)(H,26,27)/t14-,15-,18-,19-/m0/s1. The van der Waals surface area contributed by atoms with Gasteiger partial charge in [0.2, 0.25) is 5.91 Å². The van der Waals surface area contributed by atoms with Crippen molar-refractivity contribution in [2.75, 3.05) is 5.32 Å². The maximum Gasteiger partial charge on any atom is 0.307 e. The lowest BCUT2D eigenvalue weighted by Gasteiger charge is -2.23. The van der Waals surface area contributed by atoms with Crippen molar-refractivity contribution in [3.63, 3.8) is 0 Å². The minimum atomic E-state index is -0.930. The highest BCUT2D eigenvalue weighted by atomic mass is 32.1. The molecule has 1 heterocycles. The van der Waals surface area contributed by atoms with Crippen LogP contribution in [-0.4, -0.2) is 17.0 Å². The number of fused-ring (bicyclic) bond motifs is 2. The zero-order valence-electron chi connectivity index (χ0n) is 15.6. The Morgan fingerprint density at radius 1 is 1.14 bits per heavy atom. The molecular formula is C22H20N2O3S. The Morgan fingerprint density at radius 3 is 2.39 bits per heavy atom. The normalized spacial score (nSPS) is 24.9. The molecule has 5 nitrogen and oxygen atoms in total. The largest absolute Gasteiger partial charge is 0.481 e. The Bertz CT molecular complexity index is 1030. The topological polar surface area (TPSA) is 90.2 Å². The summed E-state index contributed by atoms with van der Waals surface area (Å²) in [6.45, 7) is 3.93. The first-order chi connectivity index (χ1) is 13.4. The van der Waals surface area contributed by atoms with E-state index in [0.717, 1.165) is 21.6 Å². The van der Waals surface area contributed by atoms with E-state index in [9.17, 15) is 20.0 Å². The number of carboxylic acid groups (broad SMARTS) is 1. The quantitative estimate of drug-likeness (QED) is 0.756. The van der Waals surface area contributed by atoms with Crippen molar-refractivity contribution in [3.8, 4) is 17.2 Å². The van der Waals surface area contributed by atoms with Crippen molar-refractivity contribution < 1.29 is 14.7 Å². The number of carbonyl (C=O) groups excluding carboxylic acids is 1. The zero-order valence-corrected chi connectivity index (χ0v) is 16.4. The zero-order chi connectivity index (χ0) is 20.0. The second kappa shape index (κ2) is 6.92. The Morgan fingerprint density at radius 2 is 1.79 bits per heavy atom. The molecule has 2 bridgehead atoms. The van der Waals surface area contributed by atoms with E-state index in [1.807, 2.05) is 50.3 Å². The number of anilines is 1. The number of benzene rings is 1. The highest BCUT2D eigenvalue weighted by Gasteiger charge is 2.51. The maximum atomic E-state index is 13.0. The van der Waals surface area contributed by atoms with Crippen LogP contribution >= 0.6 is 11.3 Å². The molecule has 4 atom stereocenters. The van der Waals surface area contributed by atoms with Gasteiger partial charge in [0.05, 0.1) is 17.4 Å². The molecule has 2 aliphatic carbocycles. The van der Waals surface area contributed by atoms with E-state index in [4.69, 9.17) is 0 Å². The number of nitrogens with zero attached hydrogens (tertiary/aromatic N) is 1. The van der Waals surface area contributed by atoms with Gasteiger partial charge in [-0.25, -0.2) is 0 Å². The van der Waals surface area contributed by atoms with Crippen LogP contribution in [0.15, 0.2) is 36.4 Å². The van der Waals surface area contributed by atoms with Crippen LogP contribution in [0, 0.1) is 48.9 Å². The van der Waals surface area contributed by atoms with Gasteiger partial charge in [0.25, 0.3) is 0 Å². The van der Waals surface area contributed by atoms with Crippen LogP contribution in [0.25, 0.3) is 11.1 Å². The van der Waals surface area contributed by atoms with Crippen molar-refractivity contribution in [3.05, 3.63) is 52.4 Å². The molecule has 142 valence electrons. The molecule has 0 unspecified atom stereocenters. The molecule has 0 spiro atoms. The summed E-state index contributed by atoms with van der Waals surface area (Å²) in [6, 6.07) is 10.1. The number of hydrogen-bond donors (Lipinski definition) is 2. The van der Waals surface area contributed by atoms with Crippen LogP contribution in [0.2, 0.25) is 0 Å². The van der Waals surface area contributed by atoms with Gasteiger partial charge < -0.3 is 10.4 Å². The molecule has 2 aromatic rings. The van der Waals surface area contributed by atoms with E-state index in [1.165, 1.54) is 11.3 Å². The fraction of sp³-hybridized carbons (Fsp3) is 0.318. The number of nitrogens with one attached hydrogen (secondary N) is 1. The van der Waals surface area contributed by atoms with E-state index in [1.54, 1.807) is 0 Å². The SMILES string of the molecule is Cc1ccc(-c2c(C)sc(NC(=O)[C@@H]3[C@@H](C(=O)O)[C@H]4C=C[C@H]3C4)c2C#N)cc1. The van der Waals surface area contributed by atoms with Gasteiger partial charge in [0.15, 0.2) is 0 Å². The fourth-order valence-electron chi connectivity index (χ4n) is 4.52. The smallest absolute Gasteiger partial charge is 0.307 e. The van der Waals surface area contributed by atoms with Crippen molar-refractivity contribution in [2.45, 2.75) is 20.3 Å². The molecule has 4 rings (SSSR count). The summed E-state index contributed by atoms with van der Waals surface area (Å²) >= 11 is 1.36. The van der Waals surface area contributed by atoms with Gasteiger partial charge in [-0.05, 0) is 37.7 Å². The number of aliphatic carboxylic acids is 1. The monoisotopic (exact) mass is 392 g/mol. The average molecular weight is 392 g/mol. The molecule has 2 aliphatic rings. The Labute approximate surface area is 167 Å². The summed E-state index contributed by atoms with van der Waals surface area (Å²) in [5.41, 5.74) is 3.33.